The average Bonchev–Trinajstić information content (AvgIpc) is 3.04. The van der Waals surface area contributed by atoms with Crippen LogP contribution in [0.1, 0.15) is 53.9 Å². The van der Waals surface area contributed by atoms with Gasteiger partial charge in [0.1, 0.15) is 5.75 Å². The zero-order valence-corrected chi connectivity index (χ0v) is 18.5. The lowest BCUT2D eigenvalue weighted by atomic mass is 9.80. The summed E-state index contributed by atoms with van der Waals surface area (Å²) >= 11 is 0. The molecule has 2 aromatic carbocycles. The Labute approximate surface area is 183 Å². The molecule has 3 heterocycles. The number of nitrogens with one attached hydrogen (secondary N) is 1. The predicted octanol–water partition coefficient (Wildman–Crippen LogP) is 4.83. The first kappa shape index (κ1) is 20.1. The van der Waals surface area contributed by atoms with Gasteiger partial charge in [-0.2, -0.15) is 0 Å². The summed E-state index contributed by atoms with van der Waals surface area (Å²) in [4.78, 5) is 13.1. The molecule has 5 heteroatoms. The van der Waals surface area contributed by atoms with Gasteiger partial charge in [-0.25, -0.2) is 4.79 Å². The average molecular weight is 419 g/mol. The Kier molecular flexibility index (Phi) is 5.01. The van der Waals surface area contributed by atoms with E-state index in [2.05, 4.69) is 53.2 Å². The van der Waals surface area contributed by atoms with Crippen molar-refractivity contribution in [2.75, 3.05) is 13.2 Å². The Balaban J connectivity index is 1.70. The Morgan fingerprint density at radius 1 is 1.26 bits per heavy atom. The summed E-state index contributed by atoms with van der Waals surface area (Å²) < 4.78 is 14.3. The fraction of sp³-hybridized carbons (Fsp3) is 0.423. The van der Waals surface area contributed by atoms with E-state index in [4.69, 9.17) is 9.47 Å². The molecule has 31 heavy (non-hydrogen) atoms. The summed E-state index contributed by atoms with van der Waals surface area (Å²) in [7, 11) is 0. The van der Waals surface area contributed by atoms with Crippen LogP contribution in [-0.4, -0.2) is 29.4 Å². The van der Waals surface area contributed by atoms with Gasteiger partial charge in [-0.15, -0.1) is 0 Å². The van der Waals surface area contributed by atoms with E-state index in [9.17, 15) is 4.79 Å². The molecule has 1 saturated heterocycles. The van der Waals surface area contributed by atoms with E-state index in [1.807, 2.05) is 19.9 Å². The summed E-state index contributed by atoms with van der Waals surface area (Å²) in [6.45, 7) is 8.09. The van der Waals surface area contributed by atoms with Crippen LogP contribution in [0.4, 0.5) is 0 Å². The number of esters is 1. The molecule has 2 atom stereocenters. The van der Waals surface area contributed by atoms with E-state index in [1.165, 1.54) is 5.56 Å². The van der Waals surface area contributed by atoms with Crippen molar-refractivity contribution in [3.63, 3.8) is 0 Å². The van der Waals surface area contributed by atoms with Crippen LogP contribution in [0.25, 0.3) is 10.9 Å². The molecule has 0 saturated carbocycles. The molecule has 5 nitrogen and oxygen atoms in total. The maximum Gasteiger partial charge on any atom is 0.340 e. The molecule has 1 fully saturated rings. The highest BCUT2D eigenvalue weighted by atomic mass is 16.5. The molecule has 5 rings (SSSR count). The highest BCUT2D eigenvalue weighted by Crippen LogP contribution is 2.44. The fourth-order valence-corrected chi connectivity index (χ4v) is 5.33. The van der Waals surface area contributed by atoms with Crippen LogP contribution in [0.2, 0.25) is 0 Å². The van der Waals surface area contributed by atoms with Crippen LogP contribution in [0, 0.1) is 12.8 Å². The molecule has 1 aromatic heterocycles. The lowest BCUT2D eigenvalue weighted by Gasteiger charge is -2.46. The molecule has 2 aliphatic heterocycles. The third kappa shape index (κ3) is 3.32. The van der Waals surface area contributed by atoms with Crippen LogP contribution < -0.4 is 10.1 Å². The van der Waals surface area contributed by atoms with E-state index < -0.39 is 0 Å². The standard InChI is InChI=1S/C26H30N2O3/c1-4-30-25(29)23-17(2)28(16-18-9-6-5-7-10-18)21-12-13-22-20(24(21)23)15-19-11-8-14-27-26(19,3)31-22/h5-7,9-10,12-13,19,27H,4,8,11,14-16H2,1-3H3. The first-order chi connectivity index (χ1) is 15.0. The SMILES string of the molecule is CCOC(=O)c1c(C)n(Cc2ccccc2)c2ccc3c(c12)CC1CCCNC1(C)O3. The van der Waals surface area contributed by atoms with E-state index in [1.54, 1.807) is 0 Å². The number of piperidine rings is 1. The first-order valence-electron chi connectivity index (χ1n) is 11.3. The smallest absolute Gasteiger partial charge is 0.340 e. The number of rotatable bonds is 4. The van der Waals surface area contributed by atoms with E-state index in [0.717, 1.165) is 53.7 Å². The number of ether oxygens (including phenoxy) is 2. The number of nitrogens with zero attached hydrogens (tertiary/aromatic N) is 1. The van der Waals surface area contributed by atoms with Gasteiger partial charge in [-0.3, -0.25) is 5.32 Å². The third-order valence-electron chi connectivity index (χ3n) is 6.98. The lowest BCUT2D eigenvalue weighted by Crippen LogP contribution is -2.59. The summed E-state index contributed by atoms with van der Waals surface area (Å²) in [5.74, 6) is 1.01. The maximum absolute atomic E-state index is 13.1. The molecule has 0 aliphatic carbocycles. The van der Waals surface area contributed by atoms with Gasteiger partial charge in [0.15, 0.2) is 5.72 Å². The maximum atomic E-state index is 13.1. The van der Waals surface area contributed by atoms with Gasteiger partial charge in [-0.05, 0) is 64.3 Å². The molecule has 0 bridgehead atoms. The zero-order valence-electron chi connectivity index (χ0n) is 18.5. The van der Waals surface area contributed by atoms with E-state index in [0.29, 0.717) is 24.6 Å². The van der Waals surface area contributed by atoms with Crippen molar-refractivity contribution in [1.29, 1.82) is 0 Å². The minimum absolute atomic E-state index is 0.250. The van der Waals surface area contributed by atoms with Crippen LogP contribution in [-0.2, 0) is 17.7 Å². The lowest BCUT2D eigenvalue weighted by molar-refractivity contribution is -0.0413. The number of benzene rings is 2. The molecule has 2 aliphatic rings. The monoisotopic (exact) mass is 418 g/mol. The Hall–Kier alpha value is -2.79. The second-order valence-electron chi connectivity index (χ2n) is 8.87. The zero-order chi connectivity index (χ0) is 21.6. The molecule has 162 valence electrons. The van der Waals surface area contributed by atoms with Crippen LogP contribution in [0.5, 0.6) is 5.75 Å². The number of hydrogen-bond donors (Lipinski definition) is 1. The van der Waals surface area contributed by atoms with Crippen LogP contribution in [0.3, 0.4) is 0 Å². The number of aromatic nitrogens is 1. The van der Waals surface area contributed by atoms with Crippen LogP contribution >= 0.6 is 0 Å². The highest BCUT2D eigenvalue weighted by Gasteiger charge is 2.43. The third-order valence-corrected chi connectivity index (χ3v) is 6.98. The van der Waals surface area contributed by atoms with Gasteiger partial charge in [-0.1, -0.05) is 30.3 Å². The molecule has 1 N–H and O–H groups in total. The second kappa shape index (κ2) is 7.72. The summed E-state index contributed by atoms with van der Waals surface area (Å²) in [6, 6.07) is 14.5. The normalized spacial score (nSPS) is 22.5. The summed E-state index contributed by atoms with van der Waals surface area (Å²) in [6.07, 6.45) is 3.17. The number of carbonyl (C=O) groups excluding carboxylic acids is 1. The Morgan fingerprint density at radius 3 is 2.84 bits per heavy atom. The quantitative estimate of drug-likeness (QED) is 0.617. The van der Waals surface area contributed by atoms with Gasteiger partial charge in [0.05, 0.1) is 12.2 Å². The minimum atomic E-state index is -0.343. The van der Waals surface area contributed by atoms with Gasteiger partial charge in [0.25, 0.3) is 0 Å². The van der Waals surface area contributed by atoms with Crippen molar-refractivity contribution in [2.45, 2.75) is 52.3 Å². The van der Waals surface area contributed by atoms with Gasteiger partial charge >= 0.3 is 5.97 Å². The summed E-state index contributed by atoms with van der Waals surface area (Å²) in [5.41, 5.74) is 4.70. The molecule has 0 radical (unpaired) electrons. The number of fused-ring (bicyclic) bond motifs is 4. The fourth-order valence-electron chi connectivity index (χ4n) is 5.33. The van der Waals surface area contributed by atoms with E-state index in [-0.39, 0.29) is 11.7 Å². The molecular weight excluding hydrogens is 388 g/mol. The van der Waals surface area contributed by atoms with Crippen molar-refractivity contribution in [3.8, 4) is 5.75 Å². The van der Waals surface area contributed by atoms with Crippen molar-refractivity contribution in [2.24, 2.45) is 5.92 Å². The Morgan fingerprint density at radius 2 is 2.06 bits per heavy atom. The molecular formula is C26H30N2O3. The molecule has 0 amide bonds. The van der Waals surface area contributed by atoms with Gasteiger partial charge in [0, 0.05) is 34.6 Å². The largest absolute Gasteiger partial charge is 0.472 e. The first-order valence-corrected chi connectivity index (χ1v) is 11.3. The molecule has 0 spiro atoms. The second-order valence-corrected chi connectivity index (χ2v) is 8.87. The van der Waals surface area contributed by atoms with Crippen molar-refractivity contribution < 1.29 is 14.3 Å². The number of carbonyl (C=O) groups is 1. The van der Waals surface area contributed by atoms with Gasteiger partial charge in [0.2, 0.25) is 0 Å². The van der Waals surface area contributed by atoms with Gasteiger partial charge < -0.3 is 14.0 Å². The molecule has 3 aromatic rings. The van der Waals surface area contributed by atoms with E-state index >= 15 is 0 Å². The Bertz CT molecular complexity index is 1130. The summed E-state index contributed by atoms with van der Waals surface area (Å²) in [5, 5.41) is 4.57. The highest BCUT2D eigenvalue weighted by molar-refractivity contribution is 6.08. The molecule has 2 unspecified atom stereocenters. The number of hydrogen-bond acceptors (Lipinski definition) is 4. The van der Waals surface area contributed by atoms with Crippen molar-refractivity contribution in [1.82, 2.24) is 9.88 Å². The van der Waals surface area contributed by atoms with Crippen molar-refractivity contribution >= 4 is 16.9 Å². The predicted molar refractivity (Wildman–Crippen MR) is 122 cm³/mol. The topological polar surface area (TPSA) is 52.5 Å². The van der Waals surface area contributed by atoms with Crippen LogP contribution in [0.15, 0.2) is 42.5 Å². The van der Waals surface area contributed by atoms with Crippen molar-refractivity contribution in [3.05, 3.63) is 64.8 Å². The minimum Gasteiger partial charge on any atom is -0.472 e.